The molecule has 1 aromatic carbocycles. The van der Waals surface area contributed by atoms with Crippen LogP contribution >= 0.6 is 0 Å². The summed E-state index contributed by atoms with van der Waals surface area (Å²) >= 11 is 0. The minimum absolute atomic E-state index is 0.00241. The van der Waals surface area contributed by atoms with E-state index in [-0.39, 0.29) is 11.8 Å². The summed E-state index contributed by atoms with van der Waals surface area (Å²) in [6.45, 7) is 3.06. The van der Waals surface area contributed by atoms with E-state index in [1.807, 2.05) is 17.0 Å². The van der Waals surface area contributed by atoms with Gasteiger partial charge in [-0.1, -0.05) is 17.3 Å². The molecule has 1 atom stereocenters. The molecule has 9 heteroatoms. The molecule has 0 bridgehead atoms. The van der Waals surface area contributed by atoms with Gasteiger partial charge in [0.2, 0.25) is 11.7 Å². The molecular formula is C16H17N7O2. The van der Waals surface area contributed by atoms with Crippen molar-refractivity contribution in [1.29, 1.82) is 0 Å². The number of nitrogens with zero attached hydrogens (tertiary/aromatic N) is 7. The molecule has 9 nitrogen and oxygen atoms in total. The van der Waals surface area contributed by atoms with Crippen molar-refractivity contribution >= 4 is 5.91 Å². The van der Waals surface area contributed by atoms with Crippen molar-refractivity contribution in [3.8, 4) is 11.4 Å². The summed E-state index contributed by atoms with van der Waals surface area (Å²) in [5.41, 5.74) is 1.46. The summed E-state index contributed by atoms with van der Waals surface area (Å²) in [7, 11) is 1.71. The van der Waals surface area contributed by atoms with Gasteiger partial charge in [-0.05, 0) is 30.7 Å². The average Bonchev–Trinajstić information content (AvgIpc) is 3.35. The molecule has 2 aromatic heterocycles. The number of likely N-dealkylation sites (tertiary alicyclic amines) is 1. The number of carbonyl (C=O) groups is 1. The van der Waals surface area contributed by atoms with Crippen LogP contribution in [-0.2, 0) is 7.05 Å². The zero-order chi connectivity index (χ0) is 17.4. The highest BCUT2D eigenvalue weighted by Gasteiger charge is 2.31. The van der Waals surface area contributed by atoms with E-state index >= 15 is 0 Å². The van der Waals surface area contributed by atoms with E-state index < -0.39 is 0 Å². The molecule has 3 aromatic rings. The zero-order valence-corrected chi connectivity index (χ0v) is 14.0. The Balaban J connectivity index is 1.46. The van der Waals surface area contributed by atoms with E-state index in [1.54, 1.807) is 26.1 Å². The van der Waals surface area contributed by atoms with Crippen LogP contribution < -0.4 is 0 Å². The van der Waals surface area contributed by atoms with E-state index in [0.717, 1.165) is 12.0 Å². The van der Waals surface area contributed by atoms with Crippen LogP contribution in [0.3, 0.4) is 0 Å². The fourth-order valence-electron chi connectivity index (χ4n) is 2.97. The summed E-state index contributed by atoms with van der Waals surface area (Å²) < 4.78 is 5.23. The molecule has 1 fully saturated rings. The SMILES string of the molecule is Cc1noc([C@@H]2CCN(C(=O)c3ccc(-c4nnn(C)n4)cc3)C2)n1. The molecule has 0 unspecified atom stereocenters. The van der Waals surface area contributed by atoms with Crippen LogP contribution in [0.5, 0.6) is 0 Å². The topological polar surface area (TPSA) is 103 Å². The predicted octanol–water partition coefficient (Wildman–Crippen LogP) is 1.20. The molecule has 3 heterocycles. The molecule has 128 valence electrons. The van der Waals surface area contributed by atoms with Crippen molar-refractivity contribution in [1.82, 2.24) is 35.2 Å². The first kappa shape index (κ1) is 15.4. The third kappa shape index (κ3) is 3.00. The van der Waals surface area contributed by atoms with Crippen molar-refractivity contribution in [2.75, 3.05) is 13.1 Å². The summed E-state index contributed by atoms with van der Waals surface area (Å²) in [5, 5.41) is 15.8. The number of aromatic nitrogens is 6. The smallest absolute Gasteiger partial charge is 0.253 e. The summed E-state index contributed by atoms with van der Waals surface area (Å²) in [5.74, 6) is 1.87. The van der Waals surface area contributed by atoms with E-state index in [0.29, 0.717) is 36.2 Å². The molecule has 0 spiro atoms. The van der Waals surface area contributed by atoms with Crippen LogP contribution in [0.2, 0.25) is 0 Å². The second kappa shape index (κ2) is 6.08. The summed E-state index contributed by atoms with van der Waals surface area (Å²) in [6.07, 6.45) is 0.828. The molecule has 1 aliphatic rings. The number of hydrogen-bond acceptors (Lipinski definition) is 7. The number of amides is 1. The monoisotopic (exact) mass is 339 g/mol. The molecule has 1 aliphatic heterocycles. The minimum Gasteiger partial charge on any atom is -0.339 e. The third-order valence-corrected chi connectivity index (χ3v) is 4.27. The molecule has 1 amide bonds. The lowest BCUT2D eigenvalue weighted by molar-refractivity contribution is 0.0789. The minimum atomic E-state index is -0.00241. The summed E-state index contributed by atoms with van der Waals surface area (Å²) in [6, 6.07) is 7.24. The van der Waals surface area contributed by atoms with Gasteiger partial charge in [0.1, 0.15) is 0 Å². The third-order valence-electron chi connectivity index (χ3n) is 4.27. The fourth-order valence-corrected chi connectivity index (χ4v) is 2.97. The van der Waals surface area contributed by atoms with Crippen LogP contribution in [0.25, 0.3) is 11.4 Å². The quantitative estimate of drug-likeness (QED) is 0.706. The highest BCUT2D eigenvalue weighted by atomic mass is 16.5. The number of benzene rings is 1. The molecule has 25 heavy (non-hydrogen) atoms. The van der Waals surface area contributed by atoms with Gasteiger partial charge in [0, 0.05) is 24.2 Å². The Bertz CT molecular complexity index is 899. The van der Waals surface area contributed by atoms with E-state index in [2.05, 4.69) is 25.6 Å². The zero-order valence-electron chi connectivity index (χ0n) is 14.0. The van der Waals surface area contributed by atoms with Crippen molar-refractivity contribution in [2.45, 2.75) is 19.3 Å². The number of tetrazole rings is 1. The van der Waals surface area contributed by atoms with E-state index in [4.69, 9.17) is 4.52 Å². The number of hydrogen-bond donors (Lipinski definition) is 0. The lowest BCUT2D eigenvalue weighted by Gasteiger charge is -2.15. The van der Waals surface area contributed by atoms with Crippen molar-refractivity contribution in [3.63, 3.8) is 0 Å². The largest absolute Gasteiger partial charge is 0.339 e. The Morgan fingerprint density at radius 3 is 2.72 bits per heavy atom. The van der Waals surface area contributed by atoms with Gasteiger partial charge in [-0.3, -0.25) is 4.79 Å². The number of carbonyl (C=O) groups excluding carboxylic acids is 1. The molecule has 0 N–H and O–H groups in total. The molecule has 0 saturated carbocycles. The predicted molar refractivity (Wildman–Crippen MR) is 86.5 cm³/mol. The Labute approximate surface area is 143 Å². The van der Waals surface area contributed by atoms with E-state index in [1.165, 1.54) is 4.80 Å². The van der Waals surface area contributed by atoms with Gasteiger partial charge in [0.05, 0.1) is 13.0 Å². The maximum Gasteiger partial charge on any atom is 0.253 e. The molecule has 1 saturated heterocycles. The molecule has 0 aliphatic carbocycles. The first-order valence-corrected chi connectivity index (χ1v) is 8.04. The molecular weight excluding hydrogens is 322 g/mol. The van der Waals surface area contributed by atoms with Gasteiger partial charge in [-0.15, -0.1) is 10.2 Å². The Morgan fingerprint density at radius 1 is 1.28 bits per heavy atom. The van der Waals surface area contributed by atoms with E-state index in [9.17, 15) is 4.79 Å². The maximum atomic E-state index is 12.7. The fraction of sp³-hybridized carbons (Fsp3) is 0.375. The van der Waals surface area contributed by atoms with Crippen LogP contribution in [0, 0.1) is 6.92 Å². The van der Waals surface area contributed by atoms with Crippen LogP contribution in [0.4, 0.5) is 0 Å². The number of rotatable bonds is 3. The lowest BCUT2D eigenvalue weighted by atomic mass is 10.1. The average molecular weight is 339 g/mol. The molecule has 0 radical (unpaired) electrons. The van der Waals surface area contributed by atoms with Crippen molar-refractivity contribution in [3.05, 3.63) is 41.5 Å². The van der Waals surface area contributed by atoms with Gasteiger partial charge >= 0.3 is 0 Å². The van der Waals surface area contributed by atoms with Crippen LogP contribution in [-0.4, -0.2) is 54.2 Å². The highest BCUT2D eigenvalue weighted by Crippen LogP contribution is 2.27. The standard InChI is InChI=1S/C16H17N7O2/c1-10-17-15(25-20-10)13-7-8-23(9-13)16(24)12-5-3-11(4-6-12)14-18-21-22(2)19-14/h3-6,13H,7-9H2,1-2H3/t13-/m1/s1. The normalized spacial score (nSPS) is 17.2. The highest BCUT2D eigenvalue weighted by molar-refractivity contribution is 5.94. The first-order chi connectivity index (χ1) is 12.1. The second-order valence-electron chi connectivity index (χ2n) is 6.10. The summed E-state index contributed by atoms with van der Waals surface area (Å²) in [4.78, 5) is 20.2. The Kier molecular flexibility index (Phi) is 3.75. The Hall–Kier alpha value is -3.10. The Morgan fingerprint density at radius 2 is 2.08 bits per heavy atom. The number of aryl methyl sites for hydroxylation is 2. The lowest BCUT2D eigenvalue weighted by Crippen LogP contribution is -2.28. The van der Waals surface area contributed by atoms with Gasteiger partial charge < -0.3 is 9.42 Å². The second-order valence-corrected chi connectivity index (χ2v) is 6.10. The first-order valence-electron chi connectivity index (χ1n) is 8.04. The van der Waals surface area contributed by atoms with Gasteiger partial charge in [-0.25, -0.2) is 0 Å². The maximum absolute atomic E-state index is 12.7. The molecule has 4 rings (SSSR count). The van der Waals surface area contributed by atoms with Crippen LogP contribution in [0.1, 0.15) is 34.4 Å². The van der Waals surface area contributed by atoms with Gasteiger partial charge in [0.25, 0.3) is 5.91 Å². The van der Waals surface area contributed by atoms with Gasteiger partial charge in [-0.2, -0.15) is 9.78 Å². The van der Waals surface area contributed by atoms with Gasteiger partial charge in [0.15, 0.2) is 5.82 Å². The van der Waals surface area contributed by atoms with Crippen molar-refractivity contribution < 1.29 is 9.32 Å². The van der Waals surface area contributed by atoms with Crippen LogP contribution in [0.15, 0.2) is 28.8 Å². The van der Waals surface area contributed by atoms with Crippen molar-refractivity contribution in [2.24, 2.45) is 7.05 Å².